The van der Waals surface area contributed by atoms with E-state index in [4.69, 9.17) is 0 Å². The van der Waals surface area contributed by atoms with Gasteiger partial charge in [-0.05, 0) is 30.4 Å². The zero-order valence-electron chi connectivity index (χ0n) is 13.4. The highest BCUT2D eigenvalue weighted by molar-refractivity contribution is 7.99. The van der Waals surface area contributed by atoms with E-state index in [9.17, 15) is 9.59 Å². The van der Waals surface area contributed by atoms with Crippen LogP contribution in [0.5, 0.6) is 0 Å². The van der Waals surface area contributed by atoms with Crippen molar-refractivity contribution in [2.45, 2.75) is 25.4 Å². The Bertz CT molecular complexity index is 764. The predicted molar refractivity (Wildman–Crippen MR) is 92.6 cm³/mol. The van der Waals surface area contributed by atoms with Crippen molar-refractivity contribution in [1.82, 2.24) is 14.9 Å². The Hall–Kier alpha value is -1.82. The molecule has 1 N–H and O–H groups in total. The molecule has 0 unspecified atom stereocenters. The molecule has 6 heteroatoms. The van der Waals surface area contributed by atoms with Crippen LogP contribution in [0.4, 0.5) is 0 Å². The molecule has 1 aliphatic rings. The number of likely N-dealkylation sites (tertiary alicyclic amines) is 1. The molecule has 122 valence electrons. The molecule has 0 saturated carbocycles. The Labute approximate surface area is 139 Å². The van der Waals surface area contributed by atoms with Crippen LogP contribution in [0.3, 0.4) is 0 Å². The van der Waals surface area contributed by atoms with Crippen molar-refractivity contribution in [1.29, 1.82) is 0 Å². The van der Waals surface area contributed by atoms with Crippen LogP contribution in [0.2, 0.25) is 0 Å². The molecule has 1 saturated heterocycles. The van der Waals surface area contributed by atoms with Gasteiger partial charge in [-0.2, -0.15) is 0 Å². The summed E-state index contributed by atoms with van der Waals surface area (Å²) < 4.78 is 0. The Morgan fingerprint density at radius 3 is 2.74 bits per heavy atom. The van der Waals surface area contributed by atoms with E-state index in [0.29, 0.717) is 33.6 Å². The zero-order chi connectivity index (χ0) is 16.4. The van der Waals surface area contributed by atoms with Crippen LogP contribution in [0.15, 0.2) is 34.2 Å². The van der Waals surface area contributed by atoms with Crippen molar-refractivity contribution in [3.63, 3.8) is 0 Å². The fourth-order valence-electron chi connectivity index (χ4n) is 3.22. The highest BCUT2D eigenvalue weighted by Crippen LogP contribution is 2.22. The molecule has 3 rings (SSSR count). The topological polar surface area (TPSA) is 66.1 Å². The standard InChI is InChI=1S/C17H21N3O2S/c1-11-7-12(2)9-20(8-11)15(21)10-23-17-18-14-6-4-3-5-13(14)16(22)19-17/h3-6,11-12H,7-10H2,1-2H3,(H,18,19,22)/t11-,12-/m1/s1. The van der Waals surface area contributed by atoms with Gasteiger partial charge in [0, 0.05) is 13.1 Å². The maximum absolute atomic E-state index is 12.4. The molecule has 1 fully saturated rings. The maximum atomic E-state index is 12.4. The molecule has 0 bridgehead atoms. The molecule has 1 amide bonds. The first-order valence-electron chi connectivity index (χ1n) is 7.92. The van der Waals surface area contributed by atoms with E-state index in [2.05, 4.69) is 23.8 Å². The molecule has 1 aromatic carbocycles. The monoisotopic (exact) mass is 331 g/mol. The number of aromatic amines is 1. The lowest BCUT2D eigenvalue weighted by Gasteiger charge is -2.34. The van der Waals surface area contributed by atoms with Gasteiger partial charge in [0.25, 0.3) is 5.56 Å². The van der Waals surface area contributed by atoms with Crippen LogP contribution in [0, 0.1) is 11.8 Å². The van der Waals surface area contributed by atoms with Crippen LogP contribution in [-0.4, -0.2) is 39.6 Å². The highest BCUT2D eigenvalue weighted by atomic mass is 32.2. The Kier molecular flexibility index (Phi) is 4.71. The average Bonchev–Trinajstić information content (AvgIpc) is 2.52. The minimum Gasteiger partial charge on any atom is -0.341 e. The number of hydrogen-bond acceptors (Lipinski definition) is 4. The van der Waals surface area contributed by atoms with Crippen LogP contribution in [0.1, 0.15) is 20.3 Å². The first kappa shape index (κ1) is 16.1. The van der Waals surface area contributed by atoms with Gasteiger partial charge >= 0.3 is 0 Å². The molecule has 2 atom stereocenters. The molecule has 0 aliphatic carbocycles. The van der Waals surface area contributed by atoms with Crippen molar-refractivity contribution < 1.29 is 4.79 Å². The first-order chi connectivity index (χ1) is 11.0. The number of H-pyrrole nitrogens is 1. The second-order valence-corrected chi connectivity index (χ2v) is 7.39. The summed E-state index contributed by atoms with van der Waals surface area (Å²) >= 11 is 1.30. The maximum Gasteiger partial charge on any atom is 0.259 e. The number of carbonyl (C=O) groups excluding carboxylic acids is 1. The summed E-state index contributed by atoms with van der Waals surface area (Å²) in [5, 5.41) is 1.07. The number of para-hydroxylation sites is 1. The van der Waals surface area contributed by atoms with E-state index in [0.717, 1.165) is 13.1 Å². The van der Waals surface area contributed by atoms with Crippen LogP contribution < -0.4 is 5.56 Å². The molecule has 23 heavy (non-hydrogen) atoms. The number of nitrogens with zero attached hydrogens (tertiary/aromatic N) is 2. The van der Waals surface area contributed by atoms with Crippen molar-refractivity contribution in [3.8, 4) is 0 Å². The SMILES string of the molecule is C[C@@H]1C[C@@H](C)CN(C(=O)CSc2nc3ccccc3c(=O)[nH]2)C1. The fraction of sp³-hybridized carbons (Fsp3) is 0.471. The summed E-state index contributed by atoms with van der Waals surface area (Å²) in [4.78, 5) is 33.5. The van der Waals surface area contributed by atoms with Gasteiger partial charge in [0.15, 0.2) is 5.16 Å². The minimum atomic E-state index is -0.161. The van der Waals surface area contributed by atoms with Crippen molar-refractivity contribution in [2.24, 2.45) is 11.8 Å². The van der Waals surface area contributed by atoms with E-state index in [1.165, 1.54) is 18.2 Å². The number of fused-ring (bicyclic) bond motifs is 1. The second-order valence-electron chi connectivity index (χ2n) is 6.42. The number of piperidine rings is 1. The molecule has 0 spiro atoms. The summed E-state index contributed by atoms with van der Waals surface area (Å²) in [6.07, 6.45) is 1.18. The van der Waals surface area contributed by atoms with Gasteiger partial charge in [0.1, 0.15) is 0 Å². The van der Waals surface area contributed by atoms with E-state index in [-0.39, 0.29) is 11.5 Å². The summed E-state index contributed by atoms with van der Waals surface area (Å²) in [6.45, 7) is 6.02. The molecule has 2 heterocycles. The summed E-state index contributed by atoms with van der Waals surface area (Å²) in [5.41, 5.74) is 0.497. The van der Waals surface area contributed by atoms with Gasteiger partial charge in [0.05, 0.1) is 16.7 Å². The van der Waals surface area contributed by atoms with Crippen LogP contribution in [-0.2, 0) is 4.79 Å². The van der Waals surface area contributed by atoms with E-state index in [1.807, 2.05) is 23.1 Å². The van der Waals surface area contributed by atoms with Crippen molar-refractivity contribution in [3.05, 3.63) is 34.6 Å². The normalized spacial score (nSPS) is 21.6. The molecule has 0 radical (unpaired) electrons. The van der Waals surface area contributed by atoms with Crippen LogP contribution >= 0.6 is 11.8 Å². The quantitative estimate of drug-likeness (QED) is 0.693. The van der Waals surface area contributed by atoms with Gasteiger partial charge in [-0.25, -0.2) is 4.98 Å². The third kappa shape index (κ3) is 3.75. The van der Waals surface area contributed by atoms with Gasteiger partial charge in [-0.15, -0.1) is 0 Å². The van der Waals surface area contributed by atoms with Gasteiger partial charge in [-0.1, -0.05) is 37.7 Å². The van der Waals surface area contributed by atoms with Gasteiger partial charge in [0.2, 0.25) is 5.91 Å². The number of hydrogen-bond donors (Lipinski definition) is 1. The first-order valence-corrected chi connectivity index (χ1v) is 8.91. The van der Waals surface area contributed by atoms with E-state index in [1.54, 1.807) is 6.07 Å². The third-order valence-corrected chi connectivity index (χ3v) is 5.00. The second kappa shape index (κ2) is 6.74. The lowest BCUT2D eigenvalue weighted by atomic mass is 9.92. The number of amides is 1. The largest absolute Gasteiger partial charge is 0.341 e. The van der Waals surface area contributed by atoms with E-state index < -0.39 is 0 Å². The fourth-order valence-corrected chi connectivity index (χ4v) is 3.99. The summed E-state index contributed by atoms with van der Waals surface area (Å²) in [7, 11) is 0. The van der Waals surface area contributed by atoms with E-state index >= 15 is 0 Å². The minimum absolute atomic E-state index is 0.115. The Morgan fingerprint density at radius 2 is 2.00 bits per heavy atom. The van der Waals surface area contributed by atoms with Crippen molar-refractivity contribution >= 4 is 28.6 Å². The van der Waals surface area contributed by atoms with Crippen LogP contribution in [0.25, 0.3) is 10.9 Å². The summed E-state index contributed by atoms with van der Waals surface area (Å²) in [5.74, 6) is 1.52. The molecule has 1 aromatic heterocycles. The lowest BCUT2D eigenvalue weighted by molar-refractivity contribution is -0.130. The number of thioether (sulfide) groups is 1. The molecular weight excluding hydrogens is 310 g/mol. The Balaban J connectivity index is 1.68. The summed E-state index contributed by atoms with van der Waals surface area (Å²) in [6, 6.07) is 7.22. The van der Waals surface area contributed by atoms with Gasteiger partial charge < -0.3 is 9.88 Å². The Morgan fingerprint density at radius 1 is 1.30 bits per heavy atom. The molecule has 2 aromatic rings. The molecule has 1 aliphatic heterocycles. The van der Waals surface area contributed by atoms with Crippen molar-refractivity contribution in [2.75, 3.05) is 18.8 Å². The highest BCUT2D eigenvalue weighted by Gasteiger charge is 2.25. The smallest absolute Gasteiger partial charge is 0.259 e. The number of carbonyl (C=O) groups is 1. The third-order valence-electron chi connectivity index (χ3n) is 4.15. The average molecular weight is 331 g/mol. The predicted octanol–water partition coefficient (Wildman–Crippen LogP) is 2.52. The van der Waals surface area contributed by atoms with Gasteiger partial charge in [-0.3, -0.25) is 9.59 Å². The molecular formula is C17H21N3O2S. The number of aromatic nitrogens is 2. The number of rotatable bonds is 3. The lowest BCUT2D eigenvalue weighted by Crippen LogP contribution is -2.43. The number of benzene rings is 1. The number of nitrogens with one attached hydrogen (secondary N) is 1. The zero-order valence-corrected chi connectivity index (χ0v) is 14.2. The molecule has 5 nitrogen and oxygen atoms in total.